The lowest BCUT2D eigenvalue weighted by molar-refractivity contribution is -0.114. The van der Waals surface area contributed by atoms with Crippen LogP contribution in [0, 0.1) is 0 Å². The topological polar surface area (TPSA) is 85.8 Å². The molecule has 0 fully saturated rings. The van der Waals surface area contributed by atoms with Crippen LogP contribution in [0.25, 0.3) is 16.3 Å². The van der Waals surface area contributed by atoms with Crippen molar-refractivity contribution >= 4 is 22.9 Å². The van der Waals surface area contributed by atoms with Gasteiger partial charge in [0.2, 0.25) is 5.91 Å². The summed E-state index contributed by atoms with van der Waals surface area (Å²) in [6.45, 7) is 1.80. The first-order valence-corrected chi connectivity index (χ1v) is 7.63. The molecule has 1 aromatic carbocycles. The first kappa shape index (κ1) is 14.4. The first-order valence-electron chi connectivity index (χ1n) is 6.75. The zero-order valence-corrected chi connectivity index (χ0v) is 12.8. The molecule has 6 nitrogen and oxygen atoms in total. The number of carbonyl (C=O) groups is 1. The zero-order valence-electron chi connectivity index (χ0n) is 12.0. The van der Waals surface area contributed by atoms with E-state index in [1.807, 2.05) is 41.8 Å². The number of carbonyl (C=O) groups excluding carboxylic acids is 1. The molecule has 0 spiro atoms. The van der Waals surface area contributed by atoms with Crippen LogP contribution in [-0.2, 0) is 11.3 Å². The predicted molar refractivity (Wildman–Crippen MR) is 86.9 cm³/mol. The minimum absolute atomic E-state index is 0.114. The summed E-state index contributed by atoms with van der Waals surface area (Å²) < 4.78 is 1.75. The smallest absolute Gasteiger partial charge is 0.221 e. The van der Waals surface area contributed by atoms with Crippen molar-refractivity contribution in [3.05, 3.63) is 47.5 Å². The number of hydrogen-bond donors (Lipinski definition) is 2. The third-order valence-electron chi connectivity index (χ3n) is 3.10. The van der Waals surface area contributed by atoms with Crippen molar-refractivity contribution in [2.24, 2.45) is 5.73 Å². The molecule has 0 unspecified atom stereocenters. The Bertz CT molecular complexity index is 794. The second-order valence-corrected chi connectivity index (χ2v) is 5.66. The minimum atomic E-state index is -0.114. The molecule has 0 aliphatic carbocycles. The molecule has 22 heavy (non-hydrogen) atoms. The van der Waals surface area contributed by atoms with Crippen molar-refractivity contribution in [1.29, 1.82) is 0 Å². The number of aromatic nitrogens is 3. The van der Waals surface area contributed by atoms with Crippen LogP contribution in [0.15, 0.2) is 41.8 Å². The maximum absolute atomic E-state index is 11.2. The van der Waals surface area contributed by atoms with E-state index in [1.54, 1.807) is 16.0 Å². The zero-order chi connectivity index (χ0) is 15.5. The van der Waals surface area contributed by atoms with E-state index >= 15 is 0 Å². The molecule has 0 bridgehead atoms. The number of hydrogen-bond acceptors (Lipinski definition) is 5. The quantitative estimate of drug-likeness (QED) is 0.774. The van der Waals surface area contributed by atoms with Gasteiger partial charge in [0.05, 0.1) is 10.6 Å². The van der Waals surface area contributed by atoms with Gasteiger partial charge in [-0.3, -0.25) is 4.79 Å². The molecule has 3 aromatic rings. The summed E-state index contributed by atoms with van der Waals surface area (Å²) >= 11 is 1.61. The van der Waals surface area contributed by atoms with Gasteiger partial charge in [-0.05, 0) is 29.6 Å². The SMILES string of the molecule is CC(=O)Nc1cccc(-n2nnc(CN)c2-c2cccs2)c1. The molecule has 0 aliphatic rings. The van der Waals surface area contributed by atoms with Crippen LogP contribution in [0.5, 0.6) is 0 Å². The highest BCUT2D eigenvalue weighted by atomic mass is 32.1. The summed E-state index contributed by atoms with van der Waals surface area (Å²) in [4.78, 5) is 12.3. The molecule has 0 saturated heterocycles. The molecule has 0 atom stereocenters. The van der Waals surface area contributed by atoms with E-state index in [0.717, 1.165) is 22.0 Å². The van der Waals surface area contributed by atoms with Crippen molar-refractivity contribution < 1.29 is 4.79 Å². The van der Waals surface area contributed by atoms with Crippen LogP contribution >= 0.6 is 11.3 Å². The summed E-state index contributed by atoms with van der Waals surface area (Å²) in [5, 5.41) is 13.1. The van der Waals surface area contributed by atoms with E-state index in [0.29, 0.717) is 12.2 Å². The highest BCUT2D eigenvalue weighted by Crippen LogP contribution is 2.29. The van der Waals surface area contributed by atoms with Gasteiger partial charge >= 0.3 is 0 Å². The molecular formula is C15H15N5OS. The van der Waals surface area contributed by atoms with Crippen LogP contribution < -0.4 is 11.1 Å². The van der Waals surface area contributed by atoms with E-state index in [1.165, 1.54) is 6.92 Å². The van der Waals surface area contributed by atoms with E-state index in [9.17, 15) is 4.79 Å². The van der Waals surface area contributed by atoms with Gasteiger partial charge in [-0.15, -0.1) is 16.4 Å². The highest BCUT2D eigenvalue weighted by molar-refractivity contribution is 7.13. The highest BCUT2D eigenvalue weighted by Gasteiger charge is 2.16. The lowest BCUT2D eigenvalue weighted by Crippen LogP contribution is -2.07. The standard InChI is InChI=1S/C15H15N5OS/c1-10(21)17-11-4-2-5-12(8-11)20-15(13(9-16)18-19-20)14-6-3-7-22-14/h2-8H,9,16H2,1H3,(H,17,21). The maximum Gasteiger partial charge on any atom is 0.221 e. The van der Waals surface area contributed by atoms with E-state index in [4.69, 9.17) is 5.73 Å². The Morgan fingerprint density at radius 1 is 1.36 bits per heavy atom. The average molecular weight is 313 g/mol. The maximum atomic E-state index is 11.2. The van der Waals surface area contributed by atoms with Gasteiger partial charge in [-0.2, -0.15) is 0 Å². The van der Waals surface area contributed by atoms with Crippen LogP contribution in [0.4, 0.5) is 5.69 Å². The number of amides is 1. The Morgan fingerprint density at radius 3 is 2.91 bits per heavy atom. The summed E-state index contributed by atoms with van der Waals surface area (Å²) in [6, 6.07) is 11.5. The minimum Gasteiger partial charge on any atom is -0.326 e. The fraction of sp³-hybridized carbons (Fsp3) is 0.133. The van der Waals surface area contributed by atoms with Crippen molar-refractivity contribution in [3.63, 3.8) is 0 Å². The van der Waals surface area contributed by atoms with Gasteiger partial charge in [0.1, 0.15) is 11.4 Å². The number of nitrogens with two attached hydrogens (primary N) is 1. The van der Waals surface area contributed by atoms with Gasteiger partial charge in [0.15, 0.2) is 0 Å². The predicted octanol–water partition coefficient (Wildman–Crippen LogP) is 2.41. The third kappa shape index (κ3) is 2.76. The Hall–Kier alpha value is -2.51. The van der Waals surface area contributed by atoms with Gasteiger partial charge in [0.25, 0.3) is 0 Å². The molecule has 2 aromatic heterocycles. The van der Waals surface area contributed by atoms with Crippen LogP contribution in [0.3, 0.4) is 0 Å². The number of benzene rings is 1. The average Bonchev–Trinajstić information content (AvgIpc) is 3.15. The van der Waals surface area contributed by atoms with E-state index in [2.05, 4.69) is 15.6 Å². The monoisotopic (exact) mass is 313 g/mol. The lowest BCUT2D eigenvalue weighted by Gasteiger charge is -2.08. The molecule has 7 heteroatoms. The lowest BCUT2D eigenvalue weighted by atomic mass is 10.2. The summed E-state index contributed by atoms with van der Waals surface area (Å²) in [6.07, 6.45) is 0. The van der Waals surface area contributed by atoms with E-state index < -0.39 is 0 Å². The van der Waals surface area contributed by atoms with Crippen LogP contribution in [0.1, 0.15) is 12.6 Å². The second kappa shape index (κ2) is 6.08. The molecule has 0 aliphatic heterocycles. The Morgan fingerprint density at radius 2 is 2.23 bits per heavy atom. The van der Waals surface area contributed by atoms with Gasteiger partial charge in [0, 0.05) is 19.2 Å². The van der Waals surface area contributed by atoms with Crippen LogP contribution in [-0.4, -0.2) is 20.9 Å². The molecule has 1 amide bonds. The molecule has 3 N–H and O–H groups in total. The Kier molecular flexibility index (Phi) is 3.99. The number of anilines is 1. The number of thiophene rings is 1. The van der Waals surface area contributed by atoms with Gasteiger partial charge < -0.3 is 11.1 Å². The normalized spacial score (nSPS) is 10.6. The fourth-order valence-corrected chi connectivity index (χ4v) is 2.99. The molecule has 3 rings (SSSR count). The summed E-state index contributed by atoms with van der Waals surface area (Å²) in [7, 11) is 0. The van der Waals surface area contributed by atoms with Crippen molar-refractivity contribution in [2.75, 3.05) is 5.32 Å². The Balaban J connectivity index is 2.09. The molecule has 0 radical (unpaired) electrons. The molecular weight excluding hydrogens is 298 g/mol. The summed E-state index contributed by atoms with van der Waals surface area (Å²) in [5.41, 5.74) is 8.94. The fourth-order valence-electron chi connectivity index (χ4n) is 2.21. The molecule has 2 heterocycles. The molecule has 0 saturated carbocycles. The van der Waals surface area contributed by atoms with E-state index in [-0.39, 0.29) is 5.91 Å². The van der Waals surface area contributed by atoms with Crippen molar-refractivity contribution in [2.45, 2.75) is 13.5 Å². The third-order valence-corrected chi connectivity index (χ3v) is 3.98. The van der Waals surface area contributed by atoms with Crippen molar-refractivity contribution in [1.82, 2.24) is 15.0 Å². The van der Waals surface area contributed by atoms with Gasteiger partial charge in [-0.25, -0.2) is 4.68 Å². The molecule has 112 valence electrons. The first-order chi connectivity index (χ1) is 10.7. The number of nitrogens with zero attached hydrogens (tertiary/aromatic N) is 3. The second-order valence-electron chi connectivity index (χ2n) is 4.71. The number of rotatable bonds is 4. The van der Waals surface area contributed by atoms with Gasteiger partial charge in [-0.1, -0.05) is 17.3 Å². The summed E-state index contributed by atoms with van der Waals surface area (Å²) in [5.74, 6) is -0.114. The van der Waals surface area contributed by atoms with Crippen LogP contribution in [0.2, 0.25) is 0 Å². The van der Waals surface area contributed by atoms with Crippen molar-refractivity contribution in [3.8, 4) is 16.3 Å². The number of nitrogens with one attached hydrogen (secondary N) is 1. The Labute approximate surface area is 131 Å². The largest absolute Gasteiger partial charge is 0.326 e.